The van der Waals surface area contributed by atoms with Crippen molar-refractivity contribution in [1.29, 1.82) is 0 Å². The minimum Gasteiger partial charge on any atom is -0.657 e. The summed E-state index contributed by atoms with van der Waals surface area (Å²) < 4.78 is 12.5. The number of nitrogens with zero attached hydrogens (tertiary/aromatic N) is 3. The van der Waals surface area contributed by atoms with Gasteiger partial charge in [0.15, 0.2) is 0 Å². The molecular weight excluding hydrogens is 769 g/mol. The van der Waals surface area contributed by atoms with E-state index in [1.165, 1.54) is 0 Å². The average molecular weight is 804 g/mol. The maximum atomic E-state index is 6.24. The van der Waals surface area contributed by atoms with E-state index < -0.39 is 0 Å². The van der Waals surface area contributed by atoms with Crippen LogP contribution in [0.1, 0.15) is 38.9 Å². The van der Waals surface area contributed by atoms with Gasteiger partial charge in [0, 0.05) is 11.4 Å². The fourth-order valence-corrected chi connectivity index (χ4v) is 7.61. The fraction of sp³-hybridized carbons (Fsp3) is 0.0612. The van der Waals surface area contributed by atoms with Gasteiger partial charge in [0.2, 0.25) is 0 Å². The third-order valence-corrected chi connectivity index (χ3v) is 10.0. The number of hydrogen-bond donors (Lipinski definition) is 0. The van der Waals surface area contributed by atoms with Crippen molar-refractivity contribution in [2.75, 3.05) is 14.2 Å². The van der Waals surface area contributed by atoms with E-state index in [1.807, 2.05) is 55.5 Å². The minimum absolute atomic E-state index is 0. The van der Waals surface area contributed by atoms with Crippen molar-refractivity contribution in [3.8, 4) is 11.5 Å². The maximum Gasteiger partial charge on any atom is 2.00 e. The summed E-state index contributed by atoms with van der Waals surface area (Å²) in [5, 5.41) is 1.66. The molecule has 9 rings (SSSR count). The molecule has 0 N–H and O–H groups in total. The monoisotopic (exact) mass is 803 g/mol. The van der Waals surface area contributed by atoms with Crippen LogP contribution in [-0.4, -0.2) is 25.6 Å². The zero-order valence-corrected chi connectivity index (χ0v) is 32.0. The number of methoxy groups -OCH3 is 2. The second-order valence-corrected chi connectivity index (χ2v) is 13.2. The van der Waals surface area contributed by atoms with Crippen LogP contribution in [0, 0.1) is 13.0 Å². The molecule has 55 heavy (non-hydrogen) atoms. The number of aliphatic imine (C=N–C) groups is 2. The number of rotatable bonds is 6. The van der Waals surface area contributed by atoms with Gasteiger partial charge in [0.1, 0.15) is 0 Å². The Morgan fingerprint density at radius 3 is 1.15 bits per heavy atom. The van der Waals surface area contributed by atoms with Gasteiger partial charge in [-0.25, -0.2) is 0 Å². The van der Waals surface area contributed by atoms with Gasteiger partial charge in [-0.15, -0.1) is 16.8 Å². The van der Waals surface area contributed by atoms with Crippen molar-refractivity contribution in [2.24, 2.45) is 9.98 Å². The zero-order valence-electron chi connectivity index (χ0n) is 30.5. The maximum absolute atomic E-state index is 6.24. The molecule has 4 heterocycles. The Hall–Kier alpha value is -6.32. The molecule has 0 atom stereocenters. The predicted octanol–water partition coefficient (Wildman–Crippen LogP) is 8.42. The van der Waals surface area contributed by atoms with Crippen molar-refractivity contribution in [3.05, 3.63) is 225 Å². The Kier molecular flexibility index (Phi) is 9.87. The van der Waals surface area contributed by atoms with E-state index in [0.29, 0.717) is 11.5 Å². The van der Waals surface area contributed by atoms with Crippen molar-refractivity contribution in [2.45, 2.75) is 6.92 Å². The standard InChI is InChI=1S/C49H35N3O2.Pd/c1-31-48(53-2)36-30-37(49(31)54-3)45(33-18-10-5-11-19-33)39-25-27-41(51-39)47(35-22-14-7-15-23-35)43-29-28-42(52-43)46(34-20-12-6-13-21-34)40-26-24-38(50-40)44(36)32-16-8-4-9-17-32;/h4-29H,1-3H3;/q-2;+2. The quantitative estimate of drug-likeness (QED) is 0.126. The van der Waals surface area contributed by atoms with Crippen LogP contribution in [0.15, 0.2) is 179 Å². The summed E-state index contributed by atoms with van der Waals surface area (Å²) in [7, 11) is 3.40. The summed E-state index contributed by atoms with van der Waals surface area (Å²) in [6.07, 6.45) is 8.35. The van der Waals surface area contributed by atoms with Crippen molar-refractivity contribution >= 4 is 33.7 Å². The van der Waals surface area contributed by atoms with Crippen LogP contribution in [0.25, 0.3) is 22.3 Å². The van der Waals surface area contributed by atoms with Gasteiger partial charge in [0.05, 0.1) is 37.1 Å². The van der Waals surface area contributed by atoms with Crippen LogP contribution in [0.4, 0.5) is 0 Å². The van der Waals surface area contributed by atoms with Gasteiger partial charge in [-0.2, -0.15) is 0 Å². The van der Waals surface area contributed by atoms with E-state index in [4.69, 9.17) is 24.4 Å². The zero-order chi connectivity index (χ0) is 36.6. The van der Waals surface area contributed by atoms with Gasteiger partial charge in [0.25, 0.3) is 0 Å². The minimum atomic E-state index is 0. The number of hydrogen-bond acceptors (Lipinski definition) is 4. The summed E-state index contributed by atoms with van der Waals surface area (Å²) in [4.78, 5) is 16.2. The Morgan fingerprint density at radius 2 is 0.800 bits per heavy atom. The molecule has 0 spiro atoms. The molecule has 0 fully saturated rings. The van der Waals surface area contributed by atoms with Gasteiger partial charge in [-0.05, 0) is 81.3 Å². The first-order valence-electron chi connectivity index (χ1n) is 17.9. The van der Waals surface area contributed by atoms with E-state index in [-0.39, 0.29) is 20.4 Å². The molecule has 0 unspecified atom stereocenters. The Morgan fingerprint density at radius 1 is 0.455 bits per heavy atom. The molecule has 0 amide bonds. The summed E-state index contributed by atoms with van der Waals surface area (Å²) in [5.41, 5.74) is 13.3. The average Bonchev–Trinajstić information content (AvgIpc) is 4.01. The first-order valence-corrected chi connectivity index (χ1v) is 17.9. The van der Waals surface area contributed by atoms with Crippen molar-refractivity contribution in [1.82, 2.24) is 4.98 Å². The van der Waals surface area contributed by atoms with Crippen LogP contribution in [0.5, 0.6) is 11.5 Å². The van der Waals surface area contributed by atoms with E-state index in [1.54, 1.807) is 14.2 Å². The van der Waals surface area contributed by atoms with Crippen LogP contribution >= 0.6 is 0 Å². The smallest absolute Gasteiger partial charge is 0.657 e. The van der Waals surface area contributed by atoms with E-state index >= 15 is 0 Å². The third-order valence-electron chi connectivity index (χ3n) is 10.0. The molecule has 6 aromatic rings. The summed E-state index contributed by atoms with van der Waals surface area (Å²) >= 11 is 0. The molecule has 0 radical (unpaired) electrons. The van der Waals surface area contributed by atoms with Gasteiger partial charge >= 0.3 is 20.4 Å². The van der Waals surface area contributed by atoms with Crippen LogP contribution in [0.3, 0.4) is 0 Å². The van der Waals surface area contributed by atoms with Crippen LogP contribution in [-0.2, 0) is 20.4 Å². The SMILES string of the molecule is COc1c2[c-]c(c(OC)c1C)C(c1ccccc1)=C1C=CC(=N1)C(c1ccccc1)=c1ccc([n-]1)=C(c1ccccc1)C1=NC(=C2c2ccccc2)C=C1.[Pd+2]. The van der Waals surface area contributed by atoms with Crippen LogP contribution in [0.2, 0.25) is 0 Å². The normalized spacial score (nSPS) is 14.5. The third kappa shape index (κ3) is 6.40. The molecule has 268 valence electrons. The molecule has 0 saturated heterocycles. The largest absolute Gasteiger partial charge is 2.00 e. The van der Waals surface area contributed by atoms with Gasteiger partial charge < -0.3 is 14.5 Å². The Bertz CT molecular complexity index is 2570. The molecule has 3 aliphatic rings. The molecule has 5 aromatic carbocycles. The fourth-order valence-electron chi connectivity index (χ4n) is 7.61. The molecular formula is C49H35N3O2Pd. The number of aromatic nitrogens is 1. The predicted molar refractivity (Wildman–Crippen MR) is 218 cm³/mol. The molecule has 5 nitrogen and oxygen atoms in total. The summed E-state index contributed by atoms with van der Waals surface area (Å²) in [6, 6.07) is 49.4. The molecule has 3 aliphatic heterocycles. The van der Waals surface area contributed by atoms with Crippen molar-refractivity contribution < 1.29 is 29.9 Å². The van der Waals surface area contributed by atoms with E-state index in [2.05, 4.69) is 115 Å². The van der Waals surface area contributed by atoms with Gasteiger partial charge in [-0.3, -0.25) is 9.98 Å². The van der Waals surface area contributed by atoms with E-state index in [0.717, 1.165) is 94.8 Å². The number of benzene rings is 5. The first-order chi connectivity index (χ1) is 26.6. The second-order valence-electron chi connectivity index (χ2n) is 13.2. The molecule has 0 saturated carbocycles. The summed E-state index contributed by atoms with van der Waals surface area (Å²) in [5.74, 6) is 1.33. The number of allylic oxidation sites excluding steroid dienone is 4. The summed E-state index contributed by atoms with van der Waals surface area (Å²) in [6.45, 7) is 2.04. The molecule has 8 bridgehead atoms. The Labute approximate surface area is 334 Å². The molecule has 1 aromatic heterocycles. The number of fused-ring (bicyclic) bond motifs is 6. The Balaban J connectivity index is 0.00000427. The van der Waals surface area contributed by atoms with Crippen LogP contribution < -0.4 is 25.2 Å². The molecule has 6 heteroatoms. The molecule has 0 aliphatic carbocycles. The number of ether oxygens (including phenoxy) is 2. The van der Waals surface area contributed by atoms with Gasteiger partial charge in [-0.1, -0.05) is 145 Å². The first kappa shape index (κ1) is 35.7. The topological polar surface area (TPSA) is 57.3 Å². The second kappa shape index (κ2) is 15.2. The van der Waals surface area contributed by atoms with Crippen molar-refractivity contribution in [3.63, 3.8) is 0 Å². The van der Waals surface area contributed by atoms with E-state index in [9.17, 15) is 0 Å².